The van der Waals surface area contributed by atoms with Gasteiger partial charge in [-0.3, -0.25) is 9.59 Å². The second kappa shape index (κ2) is 7.43. The van der Waals surface area contributed by atoms with Crippen LogP contribution in [0.2, 0.25) is 0 Å². The normalized spacial score (nSPS) is 16.9. The summed E-state index contributed by atoms with van der Waals surface area (Å²) in [6.45, 7) is 4.02. The van der Waals surface area contributed by atoms with Crippen molar-refractivity contribution in [2.75, 3.05) is 0 Å². The van der Waals surface area contributed by atoms with E-state index in [0.717, 1.165) is 5.56 Å². The zero-order valence-corrected chi connectivity index (χ0v) is 14.7. The average Bonchev–Trinajstić information content (AvgIpc) is 3.18. The predicted octanol–water partition coefficient (Wildman–Crippen LogP) is 2.31. The zero-order chi connectivity index (χ0) is 18.7. The first-order valence-electron chi connectivity index (χ1n) is 8.49. The summed E-state index contributed by atoms with van der Waals surface area (Å²) in [6.07, 6.45) is 0.566. The molecule has 7 nitrogen and oxygen atoms in total. The Hall–Kier alpha value is -3.09. The van der Waals surface area contributed by atoms with Gasteiger partial charge in [0.2, 0.25) is 0 Å². The van der Waals surface area contributed by atoms with E-state index < -0.39 is 17.9 Å². The van der Waals surface area contributed by atoms with Gasteiger partial charge in [-0.15, -0.1) is 0 Å². The lowest BCUT2D eigenvalue weighted by Crippen LogP contribution is -2.32. The highest BCUT2D eigenvalue weighted by Crippen LogP contribution is 2.21. The lowest BCUT2D eigenvalue weighted by molar-refractivity contribution is -0.123. The van der Waals surface area contributed by atoms with E-state index in [9.17, 15) is 14.7 Å². The molecule has 0 radical (unpaired) electrons. The van der Waals surface area contributed by atoms with Crippen molar-refractivity contribution in [1.29, 1.82) is 0 Å². The second-order valence-corrected chi connectivity index (χ2v) is 6.64. The van der Waals surface area contributed by atoms with Crippen LogP contribution in [0, 0.1) is 5.92 Å². The molecule has 1 aliphatic rings. The van der Waals surface area contributed by atoms with E-state index in [1.807, 2.05) is 44.2 Å². The number of aliphatic hydroxyl groups excluding tert-OH is 1. The van der Waals surface area contributed by atoms with E-state index in [0.29, 0.717) is 17.9 Å². The number of nitrogens with one attached hydrogen (secondary N) is 2. The quantitative estimate of drug-likeness (QED) is 0.690. The molecule has 1 aliphatic heterocycles. The molecule has 2 aromatic rings. The van der Waals surface area contributed by atoms with Crippen molar-refractivity contribution < 1.29 is 19.2 Å². The molecular weight excluding hydrogens is 334 g/mol. The molecule has 1 aromatic carbocycles. The third kappa shape index (κ3) is 3.77. The zero-order valence-electron chi connectivity index (χ0n) is 14.7. The summed E-state index contributed by atoms with van der Waals surface area (Å²) in [5.41, 5.74) is 1.33. The number of amides is 2. The minimum Gasteiger partial charge on any atom is -0.509 e. The van der Waals surface area contributed by atoms with Gasteiger partial charge in [-0.2, -0.15) is 0 Å². The fourth-order valence-electron chi connectivity index (χ4n) is 2.85. The van der Waals surface area contributed by atoms with Gasteiger partial charge < -0.3 is 20.3 Å². The third-order valence-electron chi connectivity index (χ3n) is 4.10. The van der Waals surface area contributed by atoms with Crippen LogP contribution < -0.4 is 10.6 Å². The molecule has 3 N–H and O–H groups in total. The summed E-state index contributed by atoms with van der Waals surface area (Å²) in [4.78, 5) is 24.3. The first-order chi connectivity index (χ1) is 12.5. The Morgan fingerprint density at radius 1 is 1.35 bits per heavy atom. The van der Waals surface area contributed by atoms with Crippen LogP contribution in [0.25, 0.3) is 11.3 Å². The number of carbonyl (C=O) groups excluding carboxylic acids is 2. The third-order valence-corrected chi connectivity index (χ3v) is 4.10. The van der Waals surface area contributed by atoms with Gasteiger partial charge in [-0.25, -0.2) is 0 Å². The maximum absolute atomic E-state index is 12.3. The summed E-state index contributed by atoms with van der Waals surface area (Å²) >= 11 is 0. The number of aromatic nitrogens is 1. The van der Waals surface area contributed by atoms with E-state index in [1.165, 1.54) is 0 Å². The Labute approximate surface area is 151 Å². The van der Waals surface area contributed by atoms with Gasteiger partial charge in [0, 0.05) is 11.6 Å². The topological polar surface area (TPSA) is 104 Å². The lowest BCUT2D eigenvalue weighted by Gasteiger charge is -2.12. The Morgan fingerprint density at radius 2 is 2.08 bits per heavy atom. The van der Waals surface area contributed by atoms with Crippen molar-refractivity contribution in [2.45, 2.75) is 32.9 Å². The monoisotopic (exact) mass is 355 g/mol. The predicted molar refractivity (Wildman–Crippen MR) is 94.8 cm³/mol. The van der Waals surface area contributed by atoms with Crippen LogP contribution in [-0.4, -0.2) is 28.1 Å². The van der Waals surface area contributed by atoms with Crippen LogP contribution in [0.15, 0.2) is 52.3 Å². The van der Waals surface area contributed by atoms with E-state index in [-0.39, 0.29) is 23.8 Å². The number of carbonyl (C=O) groups is 2. The molecule has 3 rings (SSSR count). The SMILES string of the molecule is CC(C)CC1NC(=O)C(C(=O)NCc2cc(-c3ccccc3)no2)=C1O. The molecule has 1 aromatic heterocycles. The summed E-state index contributed by atoms with van der Waals surface area (Å²) in [5, 5.41) is 19.4. The summed E-state index contributed by atoms with van der Waals surface area (Å²) in [6, 6.07) is 10.7. The second-order valence-electron chi connectivity index (χ2n) is 6.64. The maximum Gasteiger partial charge on any atom is 0.261 e. The Bertz CT molecular complexity index is 839. The molecule has 0 saturated heterocycles. The van der Waals surface area contributed by atoms with Crippen molar-refractivity contribution in [3.8, 4) is 11.3 Å². The van der Waals surface area contributed by atoms with Crippen LogP contribution in [0.1, 0.15) is 26.0 Å². The van der Waals surface area contributed by atoms with E-state index in [1.54, 1.807) is 6.07 Å². The molecule has 1 atom stereocenters. The lowest BCUT2D eigenvalue weighted by atomic mass is 10.0. The molecule has 2 heterocycles. The molecule has 0 saturated carbocycles. The standard InChI is InChI=1S/C19H21N3O4/c1-11(2)8-15-17(23)16(19(25)21-15)18(24)20-10-13-9-14(22-26-13)12-6-4-3-5-7-12/h3-7,9,11,15,23H,8,10H2,1-2H3,(H,20,24)(H,21,25). The van der Waals surface area contributed by atoms with Crippen LogP contribution in [0.4, 0.5) is 0 Å². The Kier molecular flexibility index (Phi) is 5.06. The fourth-order valence-corrected chi connectivity index (χ4v) is 2.85. The van der Waals surface area contributed by atoms with Crippen LogP contribution in [-0.2, 0) is 16.1 Å². The van der Waals surface area contributed by atoms with Gasteiger partial charge in [0.1, 0.15) is 17.0 Å². The largest absolute Gasteiger partial charge is 0.509 e. The van der Waals surface area contributed by atoms with Gasteiger partial charge in [0.05, 0.1) is 12.6 Å². The fraction of sp³-hybridized carbons (Fsp3) is 0.316. The molecule has 1 unspecified atom stereocenters. The molecule has 0 spiro atoms. The van der Waals surface area contributed by atoms with Crippen molar-refractivity contribution in [2.24, 2.45) is 5.92 Å². The molecule has 0 fully saturated rings. The number of hydrogen-bond donors (Lipinski definition) is 3. The molecule has 136 valence electrons. The van der Waals surface area contributed by atoms with Crippen molar-refractivity contribution in [1.82, 2.24) is 15.8 Å². The van der Waals surface area contributed by atoms with Crippen LogP contribution in [0.3, 0.4) is 0 Å². The average molecular weight is 355 g/mol. The van der Waals surface area contributed by atoms with Gasteiger partial charge in [-0.1, -0.05) is 49.3 Å². The highest BCUT2D eigenvalue weighted by atomic mass is 16.5. The van der Waals surface area contributed by atoms with E-state index in [2.05, 4.69) is 15.8 Å². The van der Waals surface area contributed by atoms with Gasteiger partial charge >= 0.3 is 0 Å². The smallest absolute Gasteiger partial charge is 0.261 e. The first-order valence-corrected chi connectivity index (χ1v) is 8.49. The number of aliphatic hydroxyl groups is 1. The Morgan fingerprint density at radius 3 is 2.77 bits per heavy atom. The maximum atomic E-state index is 12.3. The van der Waals surface area contributed by atoms with Crippen molar-refractivity contribution in [3.63, 3.8) is 0 Å². The van der Waals surface area contributed by atoms with Gasteiger partial charge in [0.15, 0.2) is 5.76 Å². The minimum absolute atomic E-state index is 0.0670. The van der Waals surface area contributed by atoms with Crippen molar-refractivity contribution >= 4 is 11.8 Å². The number of rotatable bonds is 6. The number of nitrogens with zero attached hydrogens (tertiary/aromatic N) is 1. The van der Waals surface area contributed by atoms with E-state index >= 15 is 0 Å². The van der Waals surface area contributed by atoms with Crippen LogP contribution >= 0.6 is 0 Å². The summed E-state index contributed by atoms with van der Waals surface area (Å²) in [7, 11) is 0. The molecule has 7 heteroatoms. The molecule has 26 heavy (non-hydrogen) atoms. The first kappa shape index (κ1) is 17.7. The summed E-state index contributed by atoms with van der Waals surface area (Å²) in [5.74, 6) is -0.675. The number of hydrogen-bond acceptors (Lipinski definition) is 5. The molecule has 0 bridgehead atoms. The van der Waals surface area contributed by atoms with Crippen molar-refractivity contribution in [3.05, 3.63) is 53.5 Å². The van der Waals surface area contributed by atoms with Gasteiger partial charge in [-0.05, 0) is 12.3 Å². The van der Waals surface area contributed by atoms with Gasteiger partial charge in [0.25, 0.3) is 11.8 Å². The summed E-state index contributed by atoms with van der Waals surface area (Å²) < 4.78 is 5.22. The molecule has 0 aliphatic carbocycles. The highest BCUT2D eigenvalue weighted by molar-refractivity contribution is 6.20. The van der Waals surface area contributed by atoms with E-state index in [4.69, 9.17) is 4.52 Å². The number of benzene rings is 1. The molecule has 2 amide bonds. The minimum atomic E-state index is -0.635. The van der Waals surface area contributed by atoms with Crippen LogP contribution in [0.5, 0.6) is 0 Å². The highest BCUT2D eigenvalue weighted by Gasteiger charge is 2.36. The molecular formula is C19H21N3O4. The Balaban J connectivity index is 1.65.